The normalized spacial score (nSPS) is 12.6. The Bertz CT molecular complexity index is 583. The van der Waals surface area contributed by atoms with Gasteiger partial charge in [0.2, 0.25) is 0 Å². The van der Waals surface area contributed by atoms with Crippen molar-refractivity contribution in [3.05, 3.63) is 70.2 Å². The summed E-state index contributed by atoms with van der Waals surface area (Å²) in [5.41, 5.74) is 9.62. The molecule has 0 radical (unpaired) electrons. The molecule has 2 N–H and O–H groups in total. The minimum Gasteiger partial charge on any atom is -0.326 e. The Balaban J connectivity index is 1.99. The Labute approximate surface area is 132 Å². The maximum Gasteiger partial charge on any atom is 0.0409 e. The first kappa shape index (κ1) is 16.0. The van der Waals surface area contributed by atoms with Crippen LogP contribution in [-0.4, -0.2) is 18.5 Å². The number of benzene rings is 2. The summed E-state index contributed by atoms with van der Waals surface area (Å²) in [6.45, 7) is 3.80. The zero-order chi connectivity index (χ0) is 15.2. The lowest BCUT2D eigenvalue weighted by atomic mass is 10.0. The van der Waals surface area contributed by atoms with Crippen LogP contribution in [0.2, 0.25) is 5.02 Å². The van der Waals surface area contributed by atoms with Crippen LogP contribution >= 0.6 is 11.6 Å². The number of nitrogens with zero attached hydrogens (tertiary/aromatic N) is 1. The van der Waals surface area contributed by atoms with Gasteiger partial charge in [-0.2, -0.15) is 0 Å². The minimum absolute atomic E-state index is 0.341. The predicted octanol–water partition coefficient (Wildman–Crippen LogP) is 4.03. The molecule has 0 aromatic heterocycles. The van der Waals surface area contributed by atoms with Crippen molar-refractivity contribution in [2.24, 2.45) is 5.73 Å². The van der Waals surface area contributed by atoms with E-state index in [1.807, 2.05) is 24.3 Å². The zero-order valence-electron chi connectivity index (χ0n) is 12.7. The highest BCUT2D eigenvalue weighted by molar-refractivity contribution is 6.30. The van der Waals surface area contributed by atoms with Crippen molar-refractivity contribution in [3.63, 3.8) is 0 Å². The molecule has 2 nitrogen and oxygen atoms in total. The molecule has 2 aromatic carbocycles. The van der Waals surface area contributed by atoms with Crippen LogP contribution in [0, 0.1) is 0 Å². The Morgan fingerprint density at radius 1 is 1.10 bits per heavy atom. The average molecular weight is 303 g/mol. The molecule has 0 heterocycles. The van der Waals surface area contributed by atoms with Gasteiger partial charge >= 0.3 is 0 Å². The van der Waals surface area contributed by atoms with Crippen molar-refractivity contribution in [2.75, 3.05) is 13.6 Å². The molecule has 112 valence electrons. The number of hydrogen-bond donors (Lipinski definition) is 1. The molecule has 1 atom stereocenters. The molecule has 0 saturated heterocycles. The van der Waals surface area contributed by atoms with Crippen molar-refractivity contribution in [1.29, 1.82) is 0 Å². The third-order valence-electron chi connectivity index (χ3n) is 4.06. The first-order valence-corrected chi connectivity index (χ1v) is 7.72. The van der Waals surface area contributed by atoms with Crippen molar-refractivity contribution in [3.8, 4) is 0 Å². The smallest absolute Gasteiger partial charge is 0.0409 e. The lowest BCUT2D eigenvalue weighted by Gasteiger charge is -2.25. The molecule has 0 aliphatic heterocycles. The van der Waals surface area contributed by atoms with Gasteiger partial charge in [-0.15, -0.1) is 0 Å². The second kappa shape index (κ2) is 7.60. The highest BCUT2D eigenvalue weighted by Gasteiger charge is 2.12. The van der Waals surface area contributed by atoms with Crippen molar-refractivity contribution < 1.29 is 0 Å². The van der Waals surface area contributed by atoms with Crippen LogP contribution in [0.5, 0.6) is 0 Å². The fourth-order valence-corrected chi connectivity index (χ4v) is 2.71. The molecule has 0 amide bonds. The molecular formula is C18H23ClN2. The number of halogens is 1. The van der Waals surface area contributed by atoms with Crippen molar-refractivity contribution in [2.45, 2.75) is 25.9 Å². The third kappa shape index (κ3) is 4.31. The van der Waals surface area contributed by atoms with Gasteiger partial charge in [-0.1, -0.05) is 48.0 Å². The lowest BCUT2D eigenvalue weighted by molar-refractivity contribution is 0.264. The summed E-state index contributed by atoms with van der Waals surface area (Å²) in [6.07, 6.45) is 1.01. The number of likely N-dealkylation sites (N-methyl/N-ethyl adjacent to an activating group) is 1. The number of hydrogen-bond acceptors (Lipinski definition) is 2. The van der Waals surface area contributed by atoms with Gasteiger partial charge in [-0.05, 0) is 49.2 Å². The van der Waals surface area contributed by atoms with Gasteiger partial charge in [0.25, 0.3) is 0 Å². The monoisotopic (exact) mass is 302 g/mol. The molecule has 2 rings (SSSR count). The Morgan fingerprint density at radius 2 is 1.81 bits per heavy atom. The highest BCUT2D eigenvalue weighted by Crippen LogP contribution is 2.22. The fourth-order valence-electron chi connectivity index (χ4n) is 2.51. The maximum absolute atomic E-state index is 6.07. The molecule has 0 bridgehead atoms. The zero-order valence-corrected chi connectivity index (χ0v) is 13.5. The summed E-state index contributed by atoms with van der Waals surface area (Å²) >= 11 is 6.07. The highest BCUT2D eigenvalue weighted by atomic mass is 35.5. The third-order valence-corrected chi connectivity index (χ3v) is 4.30. The maximum atomic E-state index is 6.07. The van der Waals surface area contributed by atoms with E-state index in [2.05, 4.69) is 43.1 Å². The molecule has 0 aliphatic carbocycles. The molecule has 3 heteroatoms. The molecule has 2 aromatic rings. The topological polar surface area (TPSA) is 29.3 Å². The van der Waals surface area contributed by atoms with Crippen LogP contribution in [0.25, 0.3) is 0 Å². The Morgan fingerprint density at radius 3 is 2.48 bits per heavy atom. The van der Waals surface area contributed by atoms with Gasteiger partial charge in [0.15, 0.2) is 0 Å². The summed E-state index contributed by atoms with van der Waals surface area (Å²) in [7, 11) is 2.15. The fraction of sp³-hybridized carbons (Fsp3) is 0.333. The van der Waals surface area contributed by atoms with Crippen LogP contribution in [0.3, 0.4) is 0 Å². The number of nitrogens with two attached hydrogens (primary N) is 1. The van der Waals surface area contributed by atoms with Gasteiger partial charge < -0.3 is 5.73 Å². The molecule has 0 fully saturated rings. The molecular weight excluding hydrogens is 280 g/mol. The summed E-state index contributed by atoms with van der Waals surface area (Å²) in [5, 5.41) is 0.793. The molecule has 0 aliphatic rings. The van der Waals surface area contributed by atoms with E-state index in [4.69, 9.17) is 17.3 Å². The van der Waals surface area contributed by atoms with Crippen molar-refractivity contribution >= 4 is 11.6 Å². The van der Waals surface area contributed by atoms with Gasteiger partial charge in [-0.25, -0.2) is 0 Å². The van der Waals surface area contributed by atoms with Crippen molar-refractivity contribution in [1.82, 2.24) is 4.90 Å². The van der Waals surface area contributed by atoms with E-state index in [9.17, 15) is 0 Å². The van der Waals surface area contributed by atoms with Gasteiger partial charge in [-0.3, -0.25) is 4.90 Å². The molecule has 0 spiro atoms. The average Bonchev–Trinajstić information content (AvgIpc) is 2.52. The summed E-state index contributed by atoms with van der Waals surface area (Å²) < 4.78 is 0. The standard InChI is InChI=1S/C18H23ClN2/c1-14(16-8-5-9-18(19)12-16)21(2)11-10-15-6-3-4-7-17(15)13-20/h3-9,12,14H,10-11,13,20H2,1-2H3. The second-order valence-corrected chi connectivity index (χ2v) is 5.87. The van der Waals surface area contributed by atoms with Gasteiger partial charge in [0, 0.05) is 24.2 Å². The van der Waals surface area contributed by atoms with E-state index in [1.54, 1.807) is 0 Å². The van der Waals surface area contributed by atoms with E-state index in [0.29, 0.717) is 12.6 Å². The van der Waals surface area contributed by atoms with E-state index >= 15 is 0 Å². The molecule has 21 heavy (non-hydrogen) atoms. The predicted molar refractivity (Wildman–Crippen MR) is 90.5 cm³/mol. The van der Waals surface area contributed by atoms with Gasteiger partial charge in [0.1, 0.15) is 0 Å². The molecule has 1 unspecified atom stereocenters. The summed E-state index contributed by atoms with van der Waals surface area (Å²) in [5.74, 6) is 0. The first-order valence-electron chi connectivity index (χ1n) is 7.34. The van der Waals surface area contributed by atoms with Crippen LogP contribution in [0.4, 0.5) is 0 Å². The van der Waals surface area contributed by atoms with Crippen LogP contribution < -0.4 is 5.73 Å². The van der Waals surface area contributed by atoms with E-state index in [-0.39, 0.29) is 0 Å². The van der Waals surface area contributed by atoms with E-state index in [1.165, 1.54) is 16.7 Å². The van der Waals surface area contributed by atoms with E-state index in [0.717, 1.165) is 18.0 Å². The van der Waals surface area contributed by atoms with Crippen LogP contribution in [-0.2, 0) is 13.0 Å². The summed E-state index contributed by atoms with van der Waals surface area (Å²) in [6, 6.07) is 16.8. The lowest BCUT2D eigenvalue weighted by Crippen LogP contribution is -2.25. The van der Waals surface area contributed by atoms with Crippen LogP contribution in [0.1, 0.15) is 29.7 Å². The minimum atomic E-state index is 0.341. The quantitative estimate of drug-likeness (QED) is 0.873. The largest absolute Gasteiger partial charge is 0.326 e. The molecule has 0 saturated carbocycles. The van der Waals surface area contributed by atoms with E-state index < -0.39 is 0 Å². The Hall–Kier alpha value is -1.35. The number of rotatable bonds is 6. The van der Waals surface area contributed by atoms with Gasteiger partial charge in [0.05, 0.1) is 0 Å². The second-order valence-electron chi connectivity index (χ2n) is 5.43. The summed E-state index contributed by atoms with van der Waals surface area (Å²) in [4.78, 5) is 2.35. The first-order chi connectivity index (χ1) is 10.1. The van der Waals surface area contributed by atoms with Crippen LogP contribution in [0.15, 0.2) is 48.5 Å². The Kier molecular flexibility index (Phi) is 5.80. The SMILES string of the molecule is CC(c1cccc(Cl)c1)N(C)CCc1ccccc1CN.